The molecule has 0 aromatic carbocycles. The number of piperidine rings is 1. The van der Waals surface area contributed by atoms with E-state index in [9.17, 15) is 0 Å². The van der Waals surface area contributed by atoms with Crippen LogP contribution in [0.2, 0.25) is 0 Å². The van der Waals surface area contributed by atoms with Gasteiger partial charge in [0.25, 0.3) is 0 Å². The van der Waals surface area contributed by atoms with Gasteiger partial charge in [-0.2, -0.15) is 0 Å². The van der Waals surface area contributed by atoms with E-state index in [1.807, 2.05) is 0 Å². The zero-order valence-corrected chi connectivity index (χ0v) is 8.15. The molecule has 0 saturated carbocycles. The van der Waals surface area contributed by atoms with Crippen molar-refractivity contribution in [2.24, 2.45) is 5.92 Å². The molecule has 0 amide bonds. The summed E-state index contributed by atoms with van der Waals surface area (Å²) in [6.45, 7) is 6.36. The van der Waals surface area contributed by atoms with E-state index in [1.54, 1.807) is 0 Å². The zero-order chi connectivity index (χ0) is 8.65. The lowest BCUT2D eigenvalue weighted by Crippen LogP contribution is -2.27. The first-order valence-corrected chi connectivity index (χ1v) is 5.43. The van der Waals surface area contributed by atoms with Crippen molar-refractivity contribution in [1.29, 1.82) is 0 Å². The quantitative estimate of drug-likeness (QED) is 0.622. The first kappa shape index (κ1) is 10.0. The van der Waals surface area contributed by atoms with Crippen molar-refractivity contribution < 1.29 is 0 Å². The third-order valence-corrected chi connectivity index (χ3v) is 2.82. The maximum atomic E-state index is 3.86. The minimum absolute atomic E-state index is 1.02. The lowest BCUT2D eigenvalue weighted by molar-refractivity contribution is 0.343. The van der Waals surface area contributed by atoms with E-state index >= 15 is 0 Å². The molecule has 1 rings (SSSR count). The van der Waals surface area contributed by atoms with Crippen molar-refractivity contribution in [3.63, 3.8) is 0 Å². The van der Waals surface area contributed by atoms with Gasteiger partial charge in [-0.15, -0.1) is 0 Å². The van der Waals surface area contributed by atoms with E-state index < -0.39 is 0 Å². The summed E-state index contributed by atoms with van der Waals surface area (Å²) >= 11 is 0. The molecule has 12 heavy (non-hydrogen) atoms. The maximum Gasteiger partial charge on any atom is -0.00463 e. The highest BCUT2D eigenvalue weighted by molar-refractivity contribution is 4.68. The minimum Gasteiger partial charge on any atom is -0.317 e. The van der Waals surface area contributed by atoms with Crippen LogP contribution in [0.5, 0.6) is 0 Å². The van der Waals surface area contributed by atoms with Crippen molar-refractivity contribution in [2.45, 2.75) is 44.9 Å². The van der Waals surface area contributed by atoms with Crippen molar-refractivity contribution in [2.75, 3.05) is 13.1 Å². The average Bonchev–Trinajstić information content (AvgIpc) is 2.14. The van der Waals surface area contributed by atoms with Crippen LogP contribution >= 0.6 is 0 Å². The normalized spacial score (nSPS) is 19.8. The Kier molecular flexibility index (Phi) is 5.42. The molecule has 0 aromatic heterocycles. The molecule has 1 radical (unpaired) electrons. The molecule has 0 bridgehead atoms. The second-order valence-corrected chi connectivity index (χ2v) is 3.90. The largest absolute Gasteiger partial charge is 0.317 e. The van der Waals surface area contributed by atoms with Gasteiger partial charge in [0.2, 0.25) is 0 Å². The first-order chi connectivity index (χ1) is 5.93. The smallest absolute Gasteiger partial charge is 0.00463 e. The van der Waals surface area contributed by atoms with Crippen LogP contribution in [0.3, 0.4) is 0 Å². The Morgan fingerprint density at radius 2 is 1.83 bits per heavy atom. The molecule has 1 heteroatoms. The van der Waals surface area contributed by atoms with E-state index in [4.69, 9.17) is 0 Å². The van der Waals surface area contributed by atoms with Crippen LogP contribution < -0.4 is 5.32 Å². The van der Waals surface area contributed by atoms with E-state index in [0.29, 0.717) is 0 Å². The van der Waals surface area contributed by atoms with Gasteiger partial charge >= 0.3 is 0 Å². The van der Waals surface area contributed by atoms with Crippen LogP contribution in [-0.4, -0.2) is 13.1 Å². The highest BCUT2D eigenvalue weighted by Gasteiger charge is 2.11. The van der Waals surface area contributed by atoms with Gasteiger partial charge in [0.1, 0.15) is 0 Å². The van der Waals surface area contributed by atoms with E-state index in [-0.39, 0.29) is 0 Å². The van der Waals surface area contributed by atoms with E-state index in [0.717, 1.165) is 12.3 Å². The monoisotopic (exact) mass is 168 g/mol. The predicted molar refractivity (Wildman–Crippen MR) is 54.0 cm³/mol. The highest BCUT2D eigenvalue weighted by Crippen LogP contribution is 2.19. The van der Waals surface area contributed by atoms with Crippen LogP contribution in [0.1, 0.15) is 44.9 Å². The van der Waals surface area contributed by atoms with Gasteiger partial charge in [0, 0.05) is 0 Å². The van der Waals surface area contributed by atoms with Crippen LogP contribution in [0.15, 0.2) is 0 Å². The molecular formula is C11H22N. The summed E-state index contributed by atoms with van der Waals surface area (Å²) < 4.78 is 0. The van der Waals surface area contributed by atoms with Crippen molar-refractivity contribution in [1.82, 2.24) is 5.32 Å². The summed E-state index contributed by atoms with van der Waals surface area (Å²) in [4.78, 5) is 0. The minimum atomic E-state index is 1.02. The van der Waals surface area contributed by atoms with E-state index in [1.165, 1.54) is 51.6 Å². The Balaban J connectivity index is 1.91. The Labute approximate surface area is 76.9 Å². The highest BCUT2D eigenvalue weighted by atomic mass is 14.9. The van der Waals surface area contributed by atoms with Crippen LogP contribution in [0.4, 0.5) is 0 Å². The Bertz CT molecular complexity index is 95.2. The Hall–Kier alpha value is -0.0400. The molecule has 0 atom stereocenters. The molecule has 0 aromatic rings. The molecule has 1 saturated heterocycles. The summed E-state index contributed by atoms with van der Waals surface area (Å²) in [5, 5.41) is 3.41. The van der Waals surface area contributed by atoms with Gasteiger partial charge < -0.3 is 5.32 Å². The summed E-state index contributed by atoms with van der Waals surface area (Å²) in [5.41, 5.74) is 0. The number of rotatable bonds is 5. The molecule has 1 heterocycles. The summed E-state index contributed by atoms with van der Waals surface area (Å²) in [6.07, 6.45) is 9.54. The number of hydrogen-bond donors (Lipinski definition) is 1. The fourth-order valence-corrected chi connectivity index (χ4v) is 1.96. The fraction of sp³-hybridized carbons (Fsp3) is 0.909. The maximum absolute atomic E-state index is 3.86. The standard InChI is InChI=1S/C11H22N/c1-2-3-4-5-6-11-7-9-12-10-8-11/h11-12H,1-10H2. The van der Waals surface area contributed by atoms with Crippen LogP contribution in [-0.2, 0) is 0 Å². The fourth-order valence-electron chi connectivity index (χ4n) is 1.96. The molecule has 0 aliphatic carbocycles. The Morgan fingerprint density at radius 1 is 1.08 bits per heavy atom. The molecule has 1 fully saturated rings. The molecular weight excluding hydrogens is 146 g/mol. The number of hydrogen-bond acceptors (Lipinski definition) is 1. The number of unbranched alkanes of at least 4 members (excludes halogenated alkanes) is 3. The lowest BCUT2D eigenvalue weighted by atomic mass is 9.92. The summed E-state index contributed by atoms with van der Waals surface area (Å²) in [5.74, 6) is 1.02. The topological polar surface area (TPSA) is 12.0 Å². The van der Waals surface area contributed by atoms with Crippen molar-refractivity contribution >= 4 is 0 Å². The van der Waals surface area contributed by atoms with Gasteiger partial charge in [-0.25, -0.2) is 0 Å². The molecule has 0 unspecified atom stereocenters. The average molecular weight is 168 g/mol. The molecule has 1 N–H and O–H groups in total. The molecule has 71 valence electrons. The van der Waals surface area contributed by atoms with Gasteiger partial charge in [-0.3, -0.25) is 0 Å². The zero-order valence-electron chi connectivity index (χ0n) is 8.15. The first-order valence-electron chi connectivity index (χ1n) is 5.43. The third-order valence-electron chi connectivity index (χ3n) is 2.82. The summed E-state index contributed by atoms with van der Waals surface area (Å²) in [7, 11) is 0. The third kappa shape index (κ3) is 4.10. The predicted octanol–water partition coefficient (Wildman–Crippen LogP) is 2.77. The van der Waals surface area contributed by atoms with Crippen LogP contribution in [0.25, 0.3) is 0 Å². The molecule has 0 spiro atoms. The van der Waals surface area contributed by atoms with Gasteiger partial charge in [0.05, 0.1) is 0 Å². The second kappa shape index (κ2) is 6.47. The summed E-state index contributed by atoms with van der Waals surface area (Å²) in [6, 6.07) is 0. The van der Waals surface area contributed by atoms with Crippen molar-refractivity contribution in [3.05, 3.63) is 6.92 Å². The molecule has 1 nitrogen and oxygen atoms in total. The van der Waals surface area contributed by atoms with Gasteiger partial charge in [-0.05, 0) is 31.8 Å². The van der Waals surface area contributed by atoms with Gasteiger partial charge in [-0.1, -0.05) is 39.0 Å². The Morgan fingerprint density at radius 3 is 2.50 bits per heavy atom. The molecule has 1 aliphatic rings. The van der Waals surface area contributed by atoms with Crippen molar-refractivity contribution in [3.8, 4) is 0 Å². The SMILES string of the molecule is [CH2]CCCCCC1CCNCC1. The van der Waals surface area contributed by atoms with Gasteiger partial charge in [0.15, 0.2) is 0 Å². The number of nitrogens with one attached hydrogen (secondary N) is 1. The second-order valence-electron chi connectivity index (χ2n) is 3.90. The lowest BCUT2D eigenvalue weighted by Gasteiger charge is -2.22. The molecule has 1 aliphatic heterocycles. The van der Waals surface area contributed by atoms with E-state index in [2.05, 4.69) is 12.2 Å². The van der Waals surface area contributed by atoms with Crippen LogP contribution in [0, 0.1) is 12.8 Å².